The van der Waals surface area contributed by atoms with Crippen LogP contribution in [-0.2, 0) is 0 Å². The van der Waals surface area contributed by atoms with Gasteiger partial charge in [0.25, 0.3) is 0 Å². The molecule has 0 bridgehead atoms. The van der Waals surface area contributed by atoms with E-state index >= 15 is 0 Å². The smallest absolute Gasteiger partial charge is 0.409 e. The van der Waals surface area contributed by atoms with E-state index in [-0.39, 0.29) is 0 Å². The molecule has 1 aromatic heterocycles. The number of hydrogen-bond donors (Lipinski definition) is 2. The van der Waals surface area contributed by atoms with Crippen molar-refractivity contribution in [2.75, 3.05) is 5.43 Å². The topological polar surface area (TPSA) is 63.2 Å². The number of rotatable bonds is 3. The van der Waals surface area contributed by atoms with E-state index < -0.39 is 6.09 Å². The van der Waals surface area contributed by atoms with Gasteiger partial charge in [0.15, 0.2) is 0 Å². The van der Waals surface area contributed by atoms with Crippen LogP contribution >= 0.6 is 0 Å². The average molecular weight is 279 g/mol. The van der Waals surface area contributed by atoms with E-state index in [1.807, 2.05) is 36.4 Å². The van der Waals surface area contributed by atoms with Gasteiger partial charge in [0.05, 0.1) is 17.4 Å². The van der Waals surface area contributed by atoms with Gasteiger partial charge in [0, 0.05) is 5.39 Å². The number of hydrazine groups is 1. The first-order valence-corrected chi connectivity index (χ1v) is 6.45. The summed E-state index contributed by atoms with van der Waals surface area (Å²) in [6.07, 6.45) is 1.06. The Morgan fingerprint density at radius 2 is 1.76 bits per heavy atom. The average Bonchev–Trinajstić information content (AvgIpc) is 2.54. The van der Waals surface area contributed by atoms with Gasteiger partial charge in [-0.1, -0.05) is 36.4 Å². The highest BCUT2D eigenvalue weighted by molar-refractivity contribution is 5.82. The second kappa shape index (κ2) is 5.92. The van der Waals surface area contributed by atoms with Crippen molar-refractivity contribution < 1.29 is 9.53 Å². The molecule has 5 heteroatoms. The Morgan fingerprint density at radius 3 is 2.62 bits per heavy atom. The summed E-state index contributed by atoms with van der Waals surface area (Å²) in [6.45, 7) is 0. The minimum atomic E-state index is -0.589. The normalized spacial score (nSPS) is 10.1. The number of ether oxygens (including phenoxy) is 1. The zero-order chi connectivity index (χ0) is 14.5. The van der Waals surface area contributed by atoms with E-state index in [1.165, 1.54) is 0 Å². The molecular formula is C16H13N3O2. The molecule has 0 saturated carbocycles. The molecule has 0 atom stereocenters. The van der Waals surface area contributed by atoms with Crippen LogP contribution in [-0.4, -0.2) is 11.1 Å². The summed E-state index contributed by atoms with van der Waals surface area (Å²) in [7, 11) is 0. The third-order valence-corrected chi connectivity index (χ3v) is 2.85. The highest BCUT2D eigenvalue weighted by atomic mass is 16.6. The standard InChI is InChI=1S/C16H13N3O2/c20-16(21-14-7-2-1-3-8-14)19-18-13-10-12-6-4-5-9-15(12)17-11-13/h1-11,18H,(H,19,20). The summed E-state index contributed by atoms with van der Waals surface area (Å²) in [5.41, 5.74) is 6.81. The molecule has 0 unspecified atom stereocenters. The number of hydrogen-bond acceptors (Lipinski definition) is 4. The summed E-state index contributed by atoms with van der Waals surface area (Å²) in [5.74, 6) is 0.480. The Bertz CT molecular complexity index is 760. The van der Waals surface area contributed by atoms with Gasteiger partial charge in [-0.25, -0.2) is 10.2 Å². The van der Waals surface area contributed by atoms with Gasteiger partial charge < -0.3 is 4.74 Å². The van der Waals surface area contributed by atoms with E-state index in [4.69, 9.17) is 4.74 Å². The molecule has 0 aliphatic carbocycles. The Morgan fingerprint density at radius 1 is 1.00 bits per heavy atom. The van der Waals surface area contributed by atoms with Crippen molar-refractivity contribution in [2.45, 2.75) is 0 Å². The van der Waals surface area contributed by atoms with Gasteiger partial charge in [0.1, 0.15) is 5.75 Å². The Balaban J connectivity index is 1.62. The first-order chi connectivity index (χ1) is 10.3. The summed E-state index contributed by atoms with van der Waals surface area (Å²) in [4.78, 5) is 15.9. The van der Waals surface area contributed by atoms with E-state index in [1.54, 1.807) is 30.5 Å². The van der Waals surface area contributed by atoms with Crippen molar-refractivity contribution in [1.29, 1.82) is 0 Å². The second-order valence-electron chi connectivity index (χ2n) is 4.37. The van der Waals surface area contributed by atoms with Gasteiger partial charge in [0.2, 0.25) is 0 Å². The van der Waals surface area contributed by atoms with Crippen LogP contribution in [0.15, 0.2) is 66.9 Å². The predicted molar refractivity (Wildman–Crippen MR) is 81.0 cm³/mol. The van der Waals surface area contributed by atoms with Crippen molar-refractivity contribution in [2.24, 2.45) is 0 Å². The number of pyridine rings is 1. The summed E-state index contributed by atoms with van der Waals surface area (Å²) >= 11 is 0. The molecule has 21 heavy (non-hydrogen) atoms. The highest BCUT2D eigenvalue weighted by Crippen LogP contribution is 2.15. The van der Waals surface area contributed by atoms with Crippen LogP contribution in [0, 0.1) is 0 Å². The zero-order valence-corrected chi connectivity index (χ0v) is 11.1. The molecule has 0 saturated heterocycles. The SMILES string of the molecule is O=C(NNc1cnc2ccccc2c1)Oc1ccccc1. The number of amides is 1. The van der Waals surface area contributed by atoms with Gasteiger partial charge in [-0.15, -0.1) is 0 Å². The van der Waals surface area contributed by atoms with Crippen molar-refractivity contribution in [1.82, 2.24) is 10.4 Å². The summed E-state index contributed by atoms with van der Waals surface area (Å²) in [6, 6.07) is 18.5. The van der Waals surface area contributed by atoms with Gasteiger partial charge in [-0.2, -0.15) is 0 Å². The molecule has 1 heterocycles. The first-order valence-electron chi connectivity index (χ1n) is 6.45. The molecule has 1 amide bonds. The molecule has 2 aromatic carbocycles. The van der Waals surface area contributed by atoms with Crippen molar-refractivity contribution in [3.63, 3.8) is 0 Å². The van der Waals surface area contributed by atoms with Crippen LogP contribution in [0.3, 0.4) is 0 Å². The van der Waals surface area contributed by atoms with Gasteiger partial charge in [-0.05, 0) is 24.3 Å². The number of aromatic nitrogens is 1. The number of fused-ring (bicyclic) bond motifs is 1. The van der Waals surface area contributed by atoms with Crippen LogP contribution in [0.4, 0.5) is 10.5 Å². The number of carbonyl (C=O) groups is 1. The molecule has 3 rings (SSSR count). The number of para-hydroxylation sites is 2. The minimum Gasteiger partial charge on any atom is -0.409 e. The van der Waals surface area contributed by atoms with E-state index in [0.29, 0.717) is 11.4 Å². The minimum absolute atomic E-state index is 0.480. The lowest BCUT2D eigenvalue weighted by Crippen LogP contribution is -2.32. The number of anilines is 1. The molecule has 0 radical (unpaired) electrons. The molecular weight excluding hydrogens is 266 g/mol. The fraction of sp³-hybridized carbons (Fsp3) is 0. The maximum Gasteiger partial charge on any atom is 0.431 e. The highest BCUT2D eigenvalue weighted by Gasteiger charge is 2.03. The van der Waals surface area contributed by atoms with Crippen LogP contribution in [0.2, 0.25) is 0 Å². The molecule has 0 spiro atoms. The van der Waals surface area contributed by atoms with Crippen LogP contribution in [0.25, 0.3) is 10.9 Å². The number of benzene rings is 2. The Hall–Kier alpha value is -3.08. The molecule has 0 aliphatic heterocycles. The molecule has 104 valence electrons. The lowest BCUT2D eigenvalue weighted by Gasteiger charge is -2.09. The third-order valence-electron chi connectivity index (χ3n) is 2.85. The van der Waals surface area contributed by atoms with Gasteiger partial charge in [-0.3, -0.25) is 10.4 Å². The lowest BCUT2D eigenvalue weighted by molar-refractivity contribution is 0.203. The second-order valence-corrected chi connectivity index (χ2v) is 4.37. The molecule has 2 N–H and O–H groups in total. The van der Waals surface area contributed by atoms with Crippen molar-refractivity contribution in [3.8, 4) is 5.75 Å². The molecule has 3 aromatic rings. The monoisotopic (exact) mass is 279 g/mol. The van der Waals surface area contributed by atoms with Crippen molar-refractivity contribution >= 4 is 22.7 Å². The van der Waals surface area contributed by atoms with Crippen molar-refractivity contribution in [3.05, 3.63) is 66.9 Å². The van der Waals surface area contributed by atoms with Gasteiger partial charge >= 0.3 is 6.09 Å². The van der Waals surface area contributed by atoms with Crippen LogP contribution < -0.4 is 15.6 Å². The van der Waals surface area contributed by atoms with E-state index in [0.717, 1.165) is 10.9 Å². The first kappa shape index (κ1) is 12.9. The quantitative estimate of drug-likeness (QED) is 0.722. The molecule has 5 nitrogen and oxygen atoms in total. The van der Waals surface area contributed by atoms with Crippen LogP contribution in [0.5, 0.6) is 5.75 Å². The van der Waals surface area contributed by atoms with E-state index in [9.17, 15) is 4.79 Å². The van der Waals surface area contributed by atoms with E-state index in [2.05, 4.69) is 15.8 Å². The number of nitrogens with zero attached hydrogens (tertiary/aromatic N) is 1. The fourth-order valence-electron chi connectivity index (χ4n) is 1.88. The zero-order valence-electron chi connectivity index (χ0n) is 11.1. The number of carbonyl (C=O) groups excluding carboxylic acids is 1. The summed E-state index contributed by atoms with van der Waals surface area (Å²) < 4.78 is 5.09. The maximum absolute atomic E-state index is 11.6. The predicted octanol–water partition coefficient (Wildman–Crippen LogP) is 3.35. The van der Waals surface area contributed by atoms with Crippen LogP contribution in [0.1, 0.15) is 0 Å². The summed E-state index contributed by atoms with van der Waals surface area (Å²) in [5, 5.41) is 0.987. The molecule has 0 aliphatic rings. The fourth-order valence-corrected chi connectivity index (χ4v) is 1.88. The third kappa shape index (κ3) is 3.27. The molecule has 0 fully saturated rings. The Labute approximate surface area is 121 Å². The maximum atomic E-state index is 11.6. The largest absolute Gasteiger partial charge is 0.431 e. The number of nitrogens with one attached hydrogen (secondary N) is 2. The Kier molecular flexibility index (Phi) is 3.64. The lowest BCUT2D eigenvalue weighted by atomic mass is 10.2.